The maximum absolute atomic E-state index is 13.3. The van der Waals surface area contributed by atoms with Crippen molar-refractivity contribution in [2.45, 2.75) is 37.8 Å². The Morgan fingerprint density at radius 3 is 2.48 bits per heavy atom. The molecule has 2 aromatic rings. The van der Waals surface area contributed by atoms with Crippen LogP contribution < -0.4 is 4.74 Å². The van der Waals surface area contributed by atoms with Gasteiger partial charge in [-0.05, 0) is 49.6 Å². The van der Waals surface area contributed by atoms with Crippen molar-refractivity contribution in [1.29, 1.82) is 0 Å². The van der Waals surface area contributed by atoms with Crippen molar-refractivity contribution in [1.82, 2.24) is 4.90 Å². The van der Waals surface area contributed by atoms with Crippen LogP contribution in [0.25, 0.3) is 10.8 Å². The van der Waals surface area contributed by atoms with E-state index < -0.39 is 0 Å². The number of benzene rings is 2. The summed E-state index contributed by atoms with van der Waals surface area (Å²) in [6.45, 7) is 0. The lowest BCUT2D eigenvalue weighted by Crippen LogP contribution is -2.42. The predicted molar refractivity (Wildman–Crippen MR) is 92.1 cm³/mol. The normalized spacial score (nSPS) is 27.3. The molecule has 0 aliphatic carbocycles. The lowest BCUT2D eigenvalue weighted by Gasteiger charge is -2.35. The lowest BCUT2D eigenvalue weighted by molar-refractivity contribution is 0.0766. The summed E-state index contributed by atoms with van der Waals surface area (Å²) >= 11 is 0. The van der Waals surface area contributed by atoms with Crippen LogP contribution in [0.15, 0.2) is 36.4 Å². The van der Waals surface area contributed by atoms with Crippen LogP contribution >= 0.6 is 0 Å². The van der Waals surface area contributed by atoms with Gasteiger partial charge in [-0.25, -0.2) is 0 Å². The molecule has 0 radical (unpaired) electrons. The fourth-order valence-electron chi connectivity index (χ4n) is 4.51. The van der Waals surface area contributed by atoms with Crippen LogP contribution in [0.3, 0.4) is 0 Å². The van der Waals surface area contributed by atoms with Crippen molar-refractivity contribution in [2.75, 3.05) is 14.2 Å². The highest BCUT2D eigenvalue weighted by Gasteiger charge is 2.41. The van der Waals surface area contributed by atoms with Crippen LogP contribution in [-0.2, 0) is 0 Å². The molecule has 2 saturated heterocycles. The number of hydrogen-bond donors (Lipinski definition) is 0. The Balaban J connectivity index is 1.75. The standard InChI is InChI=1S/C20H23NO2/c1-21-15-8-9-16(21)12-14(11-15)20(22)19-17-6-4-3-5-13(17)7-10-18(19)23-2/h3-7,10,14-16H,8-9,11-12H2,1-2H3. The van der Waals surface area contributed by atoms with Gasteiger partial charge in [0.05, 0.1) is 12.7 Å². The van der Waals surface area contributed by atoms with E-state index in [0.29, 0.717) is 17.8 Å². The zero-order valence-electron chi connectivity index (χ0n) is 13.8. The van der Waals surface area contributed by atoms with Gasteiger partial charge in [0.2, 0.25) is 0 Å². The van der Waals surface area contributed by atoms with Gasteiger partial charge in [-0.1, -0.05) is 30.3 Å². The molecule has 120 valence electrons. The van der Waals surface area contributed by atoms with E-state index in [0.717, 1.165) is 29.2 Å². The minimum absolute atomic E-state index is 0.128. The maximum atomic E-state index is 13.3. The summed E-state index contributed by atoms with van der Waals surface area (Å²) in [6, 6.07) is 13.2. The van der Waals surface area contributed by atoms with Gasteiger partial charge in [-0.2, -0.15) is 0 Å². The van der Waals surface area contributed by atoms with Crippen molar-refractivity contribution in [3.8, 4) is 5.75 Å². The molecule has 0 N–H and O–H groups in total. The van der Waals surface area contributed by atoms with Crippen molar-refractivity contribution < 1.29 is 9.53 Å². The second kappa shape index (κ2) is 5.64. The molecular weight excluding hydrogens is 286 g/mol. The molecule has 0 aromatic heterocycles. The molecule has 23 heavy (non-hydrogen) atoms. The second-order valence-electron chi connectivity index (χ2n) is 6.95. The number of nitrogens with zero attached hydrogens (tertiary/aromatic N) is 1. The van der Waals surface area contributed by atoms with Gasteiger partial charge < -0.3 is 9.64 Å². The third kappa shape index (κ3) is 2.34. The maximum Gasteiger partial charge on any atom is 0.170 e. The van der Waals surface area contributed by atoms with Gasteiger partial charge in [0, 0.05) is 18.0 Å². The van der Waals surface area contributed by atoms with Crippen molar-refractivity contribution in [3.05, 3.63) is 42.0 Å². The third-order valence-electron chi connectivity index (χ3n) is 5.83. The van der Waals surface area contributed by atoms with Crippen LogP contribution in [0, 0.1) is 5.92 Å². The molecule has 2 aliphatic rings. The SMILES string of the molecule is COc1ccc2ccccc2c1C(=O)C1CC2CCC(C1)N2C. The highest BCUT2D eigenvalue weighted by atomic mass is 16.5. The Labute approximate surface area is 137 Å². The van der Waals surface area contributed by atoms with E-state index in [1.54, 1.807) is 7.11 Å². The van der Waals surface area contributed by atoms with Gasteiger partial charge >= 0.3 is 0 Å². The summed E-state index contributed by atoms with van der Waals surface area (Å²) in [7, 11) is 3.86. The first-order chi connectivity index (χ1) is 11.2. The van der Waals surface area contributed by atoms with Gasteiger partial charge in [0.25, 0.3) is 0 Å². The fourth-order valence-corrected chi connectivity index (χ4v) is 4.51. The van der Waals surface area contributed by atoms with E-state index in [1.165, 1.54) is 12.8 Å². The molecule has 2 bridgehead atoms. The first-order valence-electron chi connectivity index (χ1n) is 8.51. The molecule has 2 fully saturated rings. The van der Waals surface area contributed by atoms with E-state index in [9.17, 15) is 4.79 Å². The molecule has 3 heteroatoms. The molecule has 2 atom stereocenters. The van der Waals surface area contributed by atoms with Crippen molar-refractivity contribution in [3.63, 3.8) is 0 Å². The Kier molecular flexibility index (Phi) is 3.61. The molecule has 0 spiro atoms. The molecule has 3 nitrogen and oxygen atoms in total. The van der Waals surface area contributed by atoms with E-state index in [2.05, 4.69) is 18.0 Å². The zero-order chi connectivity index (χ0) is 16.0. The first-order valence-corrected chi connectivity index (χ1v) is 8.51. The number of carbonyl (C=O) groups excluding carboxylic acids is 1. The zero-order valence-corrected chi connectivity index (χ0v) is 13.8. The highest BCUT2D eigenvalue weighted by molar-refractivity contribution is 6.11. The molecule has 2 aliphatic heterocycles. The Morgan fingerprint density at radius 1 is 1.09 bits per heavy atom. The summed E-state index contributed by atoms with van der Waals surface area (Å²) in [5.74, 6) is 1.10. The fraction of sp³-hybridized carbons (Fsp3) is 0.450. The van der Waals surface area contributed by atoms with Gasteiger partial charge in [0.15, 0.2) is 5.78 Å². The molecule has 4 rings (SSSR count). The number of ether oxygens (including phenoxy) is 1. The quantitative estimate of drug-likeness (QED) is 0.805. The topological polar surface area (TPSA) is 29.5 Å². The summed E-state index contributed by atoms with van der Waals surface area (Å²) < 4.78 is 5.52. The Morgan fingerprint density at radius 2 is 1.78 bits per heavy atom. The number of hydrogen-bond acceptors (Lipinski definition) is 3. The lowest BCUT2D eigenvalue weighted by atomic mass is 9.83. The van der Waals surface area contributed by atoms with Crippen LogP contribution in [-0.4, -0.2) is 36.9 Å². The smallest absolute Gasteiger partial charge is 0.170 e. The molecule has 0 saturated carbocycles. The summed E-state index contributed by atoms with van der Waals surface area (Å²) in [6.07, 6.45) is 4.44. The van der Waals surface area contributed by atoms with Crippen LogP contribution in [0.4, 0.5) is 0 Å². The minimum atomic E-state index is 0.128. The summed E-state index contributed by atoms with van der Waals surface area (Å²) in [5, 5.41) is 2.12. The molecule has 2 heterocycles. The van der Waals surface area contributed by atoms with Gasteiger partial charge in [-0.15, -0.1) is 0 Å². The van der Waals surface area contributed by atoms with E-state index >= 15 is 0 Å². The highest BCUT2D eigenvalue weighted by Crippen LogP contribution is 2.40. The Bertz CT molecular complexity index is 740. The van der Waals surface area contributed by atoms with Crippen LogP contribution in [0.2, 0.25) is 0 Å². The number of rotatable bonds is 3. The predicted octanol–water partition coefficient (Wildman–Crippen LogP) is 3.90. The monoisotopic (exact) mass is 309 g/mol. The minimum Gasteiger partial charge on any atom is -0.496 e. The van der Waals surface area contributed by atoms with E-state index in [1.807, 2.05) is 30.3 Å². The summed E-state index contributed by atoms with van der Waals surface area (Å²) in [4.78, 5) is 15.8. The largest absolute Gasteiger partial charge is 0.496 e. The van der Waals surface area contributed by atoms with Gasteiger partial charge in [0.1, 0.15) is 5.75 Å². The Hall–Kier alpha value is -1.87. The van der Waals surface area contributed by atoms with Crippen molar-refractivity contribution >= 4 is 16.6 Å². The molecule has 0 amide bonds. The third-order valence-corrected chi connectivity index (χ3v) is 5.83. The molecular formula is C20H23NO2. The van der Waals surface area contributed by atoms with Crippen molar-refractivity contribution in [2.24, 2.45) is 5.92 Å². The number of carbonyl (C=O) groups is 1. The number of Topliss-reactive ketones (excluding diaryl/α,β-unsaturated/α-hetero) is 1. The number of fused-ring (bicyclic) bond motifs is 3. The van der Waals surface area contributed by atoms with Gasteiger partial charge in [-0.3, -0.25) is 4.79 Å². The second-order valence-corrected chi connectivity index (χ2v) is 6.95. The number of methoxy groups -OCH3 is 1. The molecule has 2 unspecified atom stereocenters. The van der Waals surface area contributed by atoms with Crippen LogP contribution in [0.5, 0.6) is 5.75 Å². The van der Waals surface area contributed by atoms with E-state index in [-0.39, 0.29) is 11.7 Å². The number of piperidine rings is 1. The number of ketones is 1. The van der Waals surface area contributed by atoms with E-state index in [4.69, 9.17) is 4.74 Å². The van der Waals surface area contributed by atoms with Crippen LogP contribution in [0.1, 0.15) is 36.0 Å². The average Bonchev–Trinajstić information content (AvgIpc) is 2.80. The first kappa shape index (κ1) is 14.7. The summed E-state index contributed by atoms with van der Waals surface area (Å²) in [5.41, 5.74) is 0.777. The molecule has 2 aromatic carbocycles. The average molecular weight is 309 g/mol.